The first-order valence-corrected chi connectivity index (χ1v) is 10.5. The van der Waals surface area contributed by atoms with Crippen LogP contribution in [0.15, 0.2) is 29.1 Å². The third-order valence-corrected chi connectivity index (χ3v) is 5.94. The van der Waals surface area contributed by atoms with Crippen LogP contribution in [0.5, 0.6) is 0 Å². The van der Waals surface area contributed by atoms with Crippen molar-refractivity contribution in [3.8, 4) is 11.5 Å². The minimum atomic E-state index is -0.280. The molecule has 4 N–H and O–H groups in total. The number of amides is 1. The van der Waals surface area contributed by atoms with Crippen LogP contribution in [-0.2, 0) is 0 Å². The molecule has 3 aromatic heterocycles. The van der Waals surface area contributed by atoms with Crippen molar-refractivity contribution in [2.45, 2.75) is 38.3 Å². The van der Waals surface area contributed by atoms with E-state index in [9.17, 15) is 4.79 Å². The topological polar surface area (TPSA) is 108 Å². The number of oxazole rings is 1. The molecule has 3 heterocycles. The maximum Gasteiger partial charge on any atom is 0.272 e. The van der Waals surface area contributed by atoms with Gasteiger partial charge in [-0.15, -0.1) is 0 Å². The average molecular weight is 401 g/mol. The number of aromatic amines is 1. The van der Waals surface area contributed by atoms with E-state index in [4.69, 9.17) is 4.42 Å². The highest BCUT2D eigenvalue weighted by Gasteiger charge is 2.30. The van der Waals surface area contributed by atoms with Crippen molar-refractivity contribution < 1.29 is 9.21 Å². The van der Waals surface area contributed by atoms with E-state index >= 15 is 0 Å². The van der Waals surface area contributed by atoms with Crippen LogP contribution in [0.1, 0.15) is 36.7 Å². The Kier molecular flexibility index (Phi) is 5.54. The summed E-state index contributed by atoms with van der Waals surface area (Å²) in [6, 6.07) is 2.89. The zero-order valence-corrected chi connectivity index (χ0v) is 16.7. The summed E-state index contributed by atoms with van der Waals surface area (Å²) in [5.74, 6) is 1.23. The Labute approximate surface area is 167 Å². The molecule has 148 valence electrons. The van der Waals surface area contributed by atoms with Crippen molar-refractivity contribution in [2.75, 3.05) is 18.1 Å². The SMILES string of the molecule is CCCSN[C@H]1C[C@@H](Nc2c(-c3nc(C(=O)NC)co3)cnc3[nH]ccc23)C1. The molecule has 1 amide bonds. The largest absolute Gasteiger partial charge is 0.443 e. The van der Waals surface area contributed by atoms with Crippen LogP contribution in [0, 0.1) is 0 Å². The number of aromatic nitrogens is 3. The number of carbonyl (C=O) groups is 1. The van der Waals surface area contributed by atoms with Gasteiger partial charge in [-0.2, -0.15) is 0 Å². The van der Waals surface area contributed by atoms with Crippen LogP contribution in [-0.4, -0.2) is 45.7 Å². The first-order chi connectivity index (χ1) is 13.7. The first kappa shape index (κ1) is 18.8. The lowest BCUT2D eigenvalue weighted by Crippen LogP contribution is -2.45. The van der Waals surface area contributed by atoms with E-state index < -0.39 is 0 Å². The van der Waals surface area contributed by atoms with Gasteiger partial charge in [0.05, 0.1) is 11.3 Å². The van der Waals surface area contributed by atoms with Crippen molar-refractivity contribution in [1.82, 2.24) is 25.0 Å². The molecule has 0 atom stereocenters. The molecule has 1 aliphatic carbocycles. The molecule has 28 heavy (non-hydrogen) atoms. The highest BCUT2D eigenvalue weighted by Crippen LogP contribution is 2.36. The number of hydrogen-bond donors (Lipinski definition) is 4. The van der Waals surface area contributed by atoms with E-state index in [2.05, 4.69) is 37.2 Å². The monoisotopic (exact) mass is 400 g/mol. The molecule has 3 aromatic rings. The fourth-order valence-electron chi connectivity index (χ4n) is 3.27. The van der Waals surface area contributed by atoms with Crippen molar-refractivity contribution in [3.63, 3.8) is 0 Å². The summed E-state index contributed by atoms with van der Waals surface area (Å²) in [6.45, 7) is 2.19. The zero-order chi connectivity index (χ0) is 19.5. The van der Waals surface area contributed by atoms with Crippen LogP contribution in [0.4, 0.5) is 5.69 Å². The number of hydrogen-bond acceptors (Lipinski definition) is 7. The summed E-state index contributed by atoms with van der Waals surface area (Å²) in [5.41, 5.74) is 2.73. The molecule has 1 saturated carbocycles. The van der Waals surface area contributed by atoms with E-state index in [-0.39, 0.29) is 11.6 Å². The number of pyridine rings is 1. The van der Waals surface area contributed by atoms with Gasteiger partial charge in [0.15, 0.2) is 5.69 Å². The lowest BCUT2D eigenvalue weighted by molar-refractivity contribution is 0.0958. The van der Waals surface area contributed by atoms with E-state index in [0.717, 1.165) is 40.9 Å². The van der Waals surface area contributed by atoms with Gasteiger partial charge in [-0.25, -0.2) is 9.97 Å². The van der Waals surface area contributed by atoms with Gasteiger partial charge in [-0.05, 0) is 25.3 Å². The maximum atomic E-state index is 11.8. The Hall–Kier alpha value is -2.52. The van der Waals surface area contributed by atoms with E-state index in [0.29, 0.717) is 18.0 Å². The second-order valence-corrected chi connectivity index (χ2v) is 7.81. The number of anilines is 1. The second kappa shape index (κ2) is 8.24. The predicted molar refractivity (Wildman–Crippen MR) is 111 cm³/mol. The molecule has 0 aliphatic heterocycles. The smallest absolute Gasteiger partial charge is 0.272 e. The van der Waals surface area contributed by atoms with Gasteiger partial charge in [0, 0.05) is 42.7 Å². The minimum absolute atomic E-state index is 0.249. The number of H-pyrrole nitrogens is 1. The van der Waals surface area contributed by atoms with Crippen LogP contribution >= 0.6 is 11.9 Å². The highest BCUT2D eigenvalue weighted by atomic mass is 32.2. The van der Waals surface area contributed by atoms with Crippen molar-refractivity contribution in [2.24, 2.45) is 0 Å². The summed E-state index contributed by atoms with van der Waals surface area (Å²) >= 11 is 1.80. The molecule has 4 rings (SSSR count). The van der Waals surface area contributed by atoms with Crippen molar-refractivity contribution >= 4 is 34.6 Å². The van der Waals surface area contributed by atoms with E-state index in [1.54, 1.807) is 25.2 Å². The molecule has 1 fully saturated rings. The number of nitrogens with zero attached hydrogens (tertiary/aromatic N) is 2. The van der Waals surface area contributed by atoms with Gasteiger partial charge >= 0.3 is 0 Å². The van der Waals surface area contributed by atoms with Crippen LogP contribution in [0.3, 0.4) is 0 Å². The molecule has 0 radical (unpaired) electrons. The molecule has 0 saturated heterocycles. The Morgan fingerprint density at radius 3 is 3.04 bits per heavy atom. The maximum absolute atomic E-state index is 11.8. The minimum Gasteiger partial charge on any atom is -0.443 e. The fourth-order valence-corrected chi connectivity index (χ4v) is 4.02. The Morgan fingerprint density at radius 2 is 2.25 bits per heavy atom. The highest BCUT2D eigenvalue weighted by molar-refractivity contribution is 7.97. The predicted octanol–water partition coefficient (Wildman–Crippen LogP) is 3.17. The fraction of sp³-hybridized carbons (Fsp3) is 0.421. The zero-order valence-electron chi connectivity index (χ0n) is 15.9. The molecular weight excluding hydrogens is 376 g/mol. The number of carbonyl (C=O) groups excluding carboxylic acids is 1. The quantitative estimate of drug-likeness (QED) is 0.340. The van der Waals surface area contributed by atoms with E-state index in [1.807, 2.05) is 12.3 Å². The van der Waals surface area contributed by atoms with Crippen molar-refractivity contribution in [1.29, 1.82) is 0 Å². The number of rotatable bonds is 8. The van der Waals surface area contributed by atoms with Gasteiger partial charge < -0.3 is 20.0 Å². The Bertz CT molecular complexity index is 962. The summed E-state index contributed by atoms with van der Waals surface area (Å²) in [4.78, 5) is 23.7. The normalized spacial score (nSPS) is 18.8. The third kappa shape index (κ3) is 3.72. The lowest BCUT2D eigenvalue weighted by Gasteiger charge is -2.37. The second-order valence-electron chi connectivity index (χ2n) is 6.88. The van der Waals surface area contributed by atoms with E-state index in [1.165, 1.54) is 12.7 Å². The third-order valence-electron chi connectivity index (χ3n) is 4.82. The van der Waals surface area contributed by atoms with Crippen LogP contribution in [0.25, 0.3) is 22.5 Å². The van der Waals surface area contributed by atoms with Gasteiger partial charge in [0.2, 0.25) is 5.89 Å². The Balaban J connectivity index is 1.55. The number of nitrogens with one attached hydrogen (secondary N) is 4. The molecule has 0 unspecified atom stereocenters. The molecule has 0 spiro atoms. The molecule has 9 heteroatoms. The van der Waals surface area contributed by atoms with Gasteiger partial charge in [-0.1, -0.05) is 18.9 Å². The van der Waals surface area contributed by atoms with Crippen molar-refractivity contribution in [3.05, 3.63) is 30.4 Å². The molecule has 8 nitrogen and oxygen atoms in total. The Morgan fingerprint density at radius 1 is 1.39 bits per heavy atom. The summed E-state index contributed by atoms with van der Waals surface area (Å²) in [6.07, 6.45) is 8.25. The van der Waals surface area contributed by atoms with Gasteiger partial charge in [0.25, 0.3) is 5.91 Å². The van der Waals surface area contributed by atoms with Gasteiger partial charge in [0.1, 0.15) is 11.9 Å². The summed E-state index contributed by atoms with van der Waals surface area (Å²) in [7, 11) is 1.57. The standard InChI is InChI=1S/C19H24N6O2S/c1-3-6-28-25-12-7-11(8-12)23-16-13-4-5-21-17(13)22-9-14(16)19-24-15(10-27-19)18(26)20-2/h4-5,9-12,25H,3,6-8H2,1-2H3,(H,20,26)(H2,21,22,23)/t11-,12+. The molecule has 0 bridgehead atoms. The average Bonchev–Trinajstić information content (AvgIpc) is 3.34. The molecule has 1 aliphatic rings. The lowest BCUT2D eigenvalue weighted by atomic mass is 9.87. The molecule has 0 aromatic carbocycles. The number of fused-ring (bicyclic) bond motifs is 1. The van der Waals surface area contributed by atoms with Gasteiger partial charge in [-0.3, -0.25) is 9.52 Å². The summed E-state index contributed by atoms with van der Waals surface area (Å²) < 4.78 is 9.10. The molecular formula is C19H24N6O2S. The van der Waals surface area contributed by atoms with Crippen LogP contribution in [0.2, 0.25) is 0 Å². The van der Waals surface area contributed by atoms with Crippen LogP contribution < -0.4 is 15.4 Å². The summed E-state index contributed by atoms with van der Waals surface area (Å²) in [5, 5.41) is 7.17. The first-order valence-electron chi connectivity index (χ1n) is 9.47.